The highest BCUT2D eigenvalue weighted by atomic mass is 32.2. The number of rotatable bonds is 62. The number of carbonyl (C=O) groups is 10. The first-order chi connectivity index (χ1) is 48.1. The fourth-order valence-corrected chi connectivity index (χ4v) is 10.5. The molecule has 0 aliphatic rings. The van der Waals surface area contributed by atoms with Crippen molar-refractivity contribution >= 4 is 74.5 Å². The number of ether oxygens (including phenoxy) is 4. The van der Waals surface area contributed by atoms with Crippen LogP contribution in [-0.2, 0) is 83.4 Å². The molecule has 0 bridgehead atoms. The number of aromatic hydroxyl groups is 1. The Bertz CT molecular complexity index is 2660. The number of Topliss-reactive ketones (excluding diaryl/α,β-unsaturated/α-hetero) is 5. The van der Waals surface area contributed by atoms with E-state index in [1.807, 2.05) is 39.8 Å². The normalized spacial score (nSPS) is 12.5. The molecule has 28 heteroatoms. The van der Waals surface area contributed by atoms with Crippen molar-refractivity contribution in [3.8, 4) is 5.75 Å². The van der Waals surface area contributed by atoms with Gasteiger partial charge in [0.05, 0.1) is 57.1 Å². The fourth-order valence-electron chi connectivity index (χ4n) is 9.97. The highest BCUT2D eigenvalue weighted by Crippen LogP contribution is 2.20. The third-order valence-electron chi connectivity index (χ3n) is 16.2. The molecule has 0 unspecified atom stereocenters. The number of carbonyl (C=O) groups excluding carboxylic acids is 8. The summed E-state index contributed by atoms with van der Waals surface area (Å²) in [6, 6.07) is 5.36. The van der Waals surface area contributed by atoms with Gasteiger partial charge in [-0.1, -0.05) is 130 Å². The molecule has 0 saturated heterocycles. The molecule has 1 aromatic carbocycles. The van der Waals surface area contributed by atoms with Crippen LogP contribution >= 0.6 is 0 Å². The second kappa shape index (κ2) is 64.1. The van der Waals surface area contributed by atoms with Gasteiger partial charge in [-0.2, -0.15) is 8.42 Å². The number of nitrogens with zero attached hydrogens (tertiary/aromatic N) is 1. The Balaban J connectivity index is -0.000000601. The van der Waals surface area contributed by atoms with E-state index in [0.29, 0.717) is 76.3 Å². The molecule has 0 heterocycles. The van der Waals surface area contributed by atoms with Crippen molar-refractivity contribution in [2.75, 3.05) is 85.8 Å². The first kappa shape index (κ1) is 99.6. The number of ketones is 5. The van der Waals surface area contributed by atoms with Gasteiger partial charge in [-0.15, -0.1) is 0 Å². The zero-order valence-electron chi connectivity index (χ0n) is 63.1. The van der Waals surface area contributed by atoms with Crippen molar-refractivity contribution < 1.29 is 98.0 Å². The number of unbranched alkanes of at least 4 members (excludes halogenated alkanes) is 14. The van der Waals surface area contributed by atoms with Crippen molar-refractivity contribution in [3.05, 3.63) is 42.1 Å². The number of phenols is 1. The molecule has 12 N–H and O–H groups in total. The topological polar surface area (TPSA) is 438 Å². The van der Waals surface area contributed by atoms with Gasteiger partial charge in [0.2, 0.25) is 17.7 Å². The molecular weight excluding hydrogens is 1340 g/mol. The predicted octanol–water partition coefficient (Wildman–Crippen LogP) is 9.94. The van der Waals surface area contributed by atoms with Crippen LogP contribution in [0.2, 0.25) is 0 Å². The molecule has 102 heavy (non-hydrogen) atoms. The summed E-state index contributed by atoms with van der Waals surface area (Å²) in [6.07, 6.45) is 21.7. The van der Waals surface area contributed by atoms with E-state index in [9.17, 15) is 66.6 Å². The van der Waals surface area contributed by atoms with Gasteiger partial charge in [-0.05, 0) is 123 Å². The quantitative estimate of drug-likeness (QED) is 0.0125. The molecule has 0 aromatic heterocycles. The number of phenolic OH excluding ortho intramolecular Hbond substituents is 1. The van der Waals surface area contributed by atoms with Crippen LogP contribution in [0, 0.1) is 29.1 Å². The van der Waals surface area contributed by atoms with Crippen LogP contribution in [-0.4, -0.2) is 195 Å². The summed E-state index contributed by atoms with van der Waals surface area (Å²) in [5, 5.41) is 42.9. The van der Waals surface area contributed by atoms with Crippen LogP contribution in [0.1, 0.15) is 237 Å². The standard InChI is InChI=1S/C43H79N3O13S.C19H30N4O3.C6H10O3.C6H12O.2H2/c1-36(38(3)47)20-16-17-25-44-42(50)35-59-32-29-56-27-19-22-39(48)34-58-31-30-57-28-26-45-41(49)24-23-40(43(51)52)46-37(2)21-15-13-11-9-7-5-4-6-8-10-12-14-18-33-60(53,54)55;1-23(2)16(5-3-4-6-18(20)21)17(25)12-14(19(22)26)11-13-7-9-15(24)10-8-13;1-4(5(2)7)3-6(8)9;1-5(2)4-6(3)7;;/h36,40,46H,2,4-35H2,1,3H3,(H,44,50)(H,45,49)(H,51,52)(H,53,54,55);7-10,14,16,24H,3-6,11-12H2,1-2H3,(H3,20,21)(H2,22,26);4H,3H2,1-2H3,(H,8,9);5H,4H2,1-3H3;2*1H/t36-,40-;14-,16+;4-;;;/m011.../s1. The van der Waals surface area contributed by atoms with E-state index in [-0.39, 0.29) is 151 Å². The van der Waals surface area contributed by atoms with Crippen molar-refractivity contribution in [1.29, 1.82) is 5.41 Å². The maximum Gasteiger partial charge on any atom is 0.326 e. The van der Waals surface area contributed by atoms with E-state index in [1.165, 1.54) is 32.6 Å². The van der Waals surface area contributed by atoms with Crippen LogP contribution in [0.25, 0.3) is 0 Å². The minimum absolute atomic E-state index is 0. The lowest BCUT2D eigenvalue weighted by Gasteiger charge is -2.24. The number of primary amides is 1. The van der Waals surface area contributed by atoms with Crippen molar-refractivity contribution in [1.82, 2.24) is 20.9 Å². The van der Waals surface area contributed by atoms with E-state index in [0.717, 1.165) is 95.5 Å². The minimum atomic E-state index is -3.83. The van der Waals surface area contributed by atoms with Gasteiger partial charge in [0.15, 0.2) is 11.6 Å². The second-order valence-corrected chi connectivity index (χ2v) is 28.4. The number of allylic oxidation sites excluding steroid dienone is 1. The highest BCUT2D eigenvalue weighted by molar-refractivity contribution is 7.85. The third kappa shape index (κ3) is 67.9. The zero-order chi connectivity index (χ0) is 77.7. The third-order valence-corrected chi connectivity index (χ3v) is 17.0. The molecule has 1 rings (SSSR count). The summed E-state index contributed by atoms with van der Waals surface area (Å²) in [5.74, 6) is -2.76. The van der Waals surface area contributed by atoms with Crippen LogP contribution in [0.4, 0.5) is 0 Å². The molecule has 0 saturated carbocycles. The van der Waals surface area contributed by atoms with Crippen LogP contribution < -0.4 is 27.4 Å². The molecule has 0 spiro atoms. The largest absolute Gasteiger partial charge is 0.508 e. The summed E-state index contributed by atoms with van der Waals surface area (Å²) >= 11 is 0. The van der Waals surface area contributed by atoms with Gasteiger partial charge >= 0.3 is 11.9 Å². The van der Waals surface area contributed by atoms with Crippen molar-refractivity contribution in [2.45, 2.75) is 247 Å². The molecular formula is C74H135N7O20S. The molecule has 3 amide bonds. The average molecular weight is 1470 g/mol. The maximum absolute atomic E-state index is 12.7. The summed E-state index contributed by atoms with van der Waals surface area (Å²) in [5.41, 5.74) is 12.4. The molecule has 592 valence electrons. The Morgan fingerprint density at radius 3 is 1.57 bits per heavy atom. The lowest BCUT2D eigenvalue weighted by Crippen LogP contribution is -2.39. The van der Waals surface area contributed by atoms with Crippen molar-refractivity contribution in [2.24, 2.45) is 35.1 Å². The number of benzene rings is 1. The van der Waals surface area contributed by atoms with E-state index in [2.05, 4.69) is 22.5 Å². The Morgan fingerprint density at radius 2 is 1.09 bits per heavy atom. The SMILES string of the molecule is C=C(CCCCCCCCCCCCCCCS(=O)(=O)O)N[C@@H](CCC(=O)NCCOCCOCC(=O)CCCOCCOCC(=O)NCCCC[C@H](C)C(C)=O)C(=O)O.CC(=O)CC(C)C.CC(=O)[C@H](C)CC(=O)O.CN(C)[C@@H](CCCCC(=N)N)C(=O)C[C@@H](Cc1ccc(O)cc1)C(N)=O.[HH].[HH]. The van der Waals surface area contributed by atoms with Crippen LogP contribution in [0.3, 0.4) is 0 Å². The Morgan fingerprint density at radius 1 is 0.578 bits per heavy atom. The first-order valence-electron chi connectivity index (χ1n) is 36.4. The van der Waals surface area contributed by atoms with Crippen LogP contribution in [0.15, 0.2) is 36.5 Å². The first-order valence-corrected chi connectivity index (χ1v) is 38.0. The number of amides is 3. The fraction of sp³-hybridized carbons (Fsp3) is 0.743. The molecule has 0 fully saturated rings. The molecule has 0 aliphatic heterocycles. The summed E-state index contributed by atoms with van der Waals surface area (Å²) < 4.78 is 51.7. The lowest BCUT2D eigenvalue weighted by atomic mass is 9.90. The van der Waals surface area contributed by atoms with E-state index >= 15 is 0 Å². The number of hydrogen-bond acceptors (Lipinski definition) is 20. The molecule has 1 aromatic rings. The van der Waals surface area contributed by atoms with Crippen LogP contribution in [0.5, 0.6) is 5.75 Å². The average Bonchev–Trinajstić information content (AvgIpc) is 0.870. The van der Waals surface area contributed by atoms with Gasteiger partial charge in [-0.25, -0.2) is 4.79 Å². The summed E-state index contributed by atoms with van der Waals surface area (Å²) in [4.78, 5) is 116. The summed E-state index contributed by atoms with van der Waals surface area (Å²) in [6.45, 7) is 18.6. The second-order valence-electron chi connectivity index (χ2n) is 26.8. The van der Waals surface area contributed by atoms with Gasteiger partial charge in [0, 0.05) is 78.1 Å². The number of hydrogen-bond donors (Lipinski definition) is 10. The Kier molecular flexibility index (Phi) is 62.6. The molecule has 27 nitrogen and oxygen atoms in total. The number of likely N-dealkylation sites (N-methyl/N-ethyl adjacent to an activating group) is 1. The number of aliphatic carboxylic acids is 2. The number of nitrogens with one attached hydrogen (secondary N) is 4. The predicted molar refractivity (Wildman–Crippen MR) is 400 cm³/mol. The van der Waals surface area contributed by atoms with E-state index in [1.54, 1.807) is 45.0 Å². The number of amidine groups is 1. The Labute approximate surface area is 611 Å². The van der Waals surface area contributed by atoms with Crippen molar-refractivity contribution in [3.63, 3.8) is 0 Å². The zero-order valence-corrected chi connectivity index (χ0v) is 63.9. The van der Waals surface area contributed by atoms with E-state index < -0.39 is 39.9 Å². The Hall–Kier alpha value is -6.56. The van der Waals surface area contributed by atoms with Gasteiger partial charge in [-0.3, -0.25) is 53.2 Å². The van der Waals surface area contributed by atoms with Gasteiger partial charge in [0.1, 0.15) is 42.4 Å². The smallest absolute Gasteiger partial charge is 0.326 e. The molecule has 0 aliphatic carbocycles. The molecule has 5 atom stereocenters. The number of carboxylic acids is 2. The van der Waals surface area contributed by atoms with Gasteiger partial charge < -0.3 is 66.5 Å². The highest BCUT2D eigenvalue weighted by Gasteiger charge is 2.27. The van der Waals surface area contributed by atoms with Gasteiger partial charge in [0.25, 0.3) is 10.1 Å². The monoisotopic (exact) mass is 1470 g/mol. The lowest BCUT2D eigenvalue weighted by molar-refractivity contribution is -0.140. The minimum Gasteiger partial charge on any atom is -0.508 e. The number of carboxylic acid groups (broad SMARTS) is 2. The molecule has 0 radical (unpaired) electrons. The number of nitrogens with two attached hydrogens (primary N) is 2. The maximum atomic E-state index is 12.7. The van der Waals surface area contributed by atoms with E-state index in [4.69, 9.17) is 45.5 Å². The summed E-state index contributed by atoms with van der Waals surface area (Å²) in [7, 11) is -0.153.